The highest BCUT2D eigenvalue weighted by molar-refractivity contribution is 7.90. The number of nitrogens with zero attached hydrogens (tertiary/aromatic N) is 2. The number of halogens is 1. The highest BCUT2D eigenvalue weighted by atomic mass is 32.2. The van der Waals surface area contributed by atoms with E-state index < -0.39 is 43.8 Å². The van der Waals surface area contributed by atoms with Crippen LogP contribution in [0.25, 0.3) is 11.1 Å². The third-order valence-corrected chi connectivity index (χ3v) is 8.73. The van der Waals surface area contributed by atoms with Crippen LogP contribution in [0.15, 0.2) is 70.5 Å². The standard InChI is InChI=1S/C25H25FN4O6S2/c1-37(32,33)23-7-3-2-5-17(23)15-8-10-20(19(26)13-15)29-12-4-6-21(25(29)31)30-24(27)18-14-16(38(28,34)35)9-11-22(18)36-30/h2-3,5,7-11,13-14,21,24H,4,6,12,27H2,1H3,(H2,28,34,35). The summed E-state index contributed by atoms with van der Waals surface area (Å²) in [6.07, 6.45) is 1.06. The zero-order valence-electron chi connectivity index (χ0n) is 20.2. The summed E-state index contributed by atoms with van der Waals surface area (Å²) in [5.41, 5.74) is 7.44. The molecular formula is C25H25FN4O6S2. The molecule has 1 fully saturated rings. The minimum absolute atomic E-state index is 0.0436. The first kappa shape index (κ1) is 26.3. The van der Waals surface area contributed by atoms with Crippen LogP contribution in [0.4, 0.5) is 10.1 Å². The fourth-order valence-electron chi connectivity index (χ4n) is 4.84. The highest BCUT2D eigenvalue weighted by Gasteiger charge is 2.43. The molecule has 10 nitrogen and oxygen atoms in total. The molecule has 1 amide bonds. The number of hydrogen-bond donors (Lipinski definition) is 2. The Labute approximate surface area is 219 Å². The smallest absolute Gasteiger partial charge is 0.247 e. The van der Waals surface area contributed by atoms with Gasteiger partial charge in [0.15, 0.2) is 15.6 Å². The zero-order chi connectivity index (χ0) is 27.4. The number of piperidine rings is 1. The maximum Gasteiger partial charge on any atom is 0.247 e. The summed E-state index contributed by atoms with van der Waals surface area (Å²) in [6.45, 7) is 0.261. The second-order valence-corrected chi connectivity index (χ2v) is 12.8. The van der Waals surface area contributed by atoms with Crippen molar-refractivity contribution in [1.29, 1.82) is 0 Å². The van der Waals surface area contributed by atoms with Gasteiger partial charge in [-0.05, 0) is 54.8 Å². The van der Waals surface area contributed by atoms with Crippen molar-refractivity contribution in [2.75, 3.05) is 17.7 Å². The van der Waals surface area contributed by atoms with Gasteiger partial charge in [-0.1, -0.05) is 24.3 Å². The lowest BCUT2D eigenvalue weighted by Gasteiger charge is -2.37. The van der Waals surface area contributed by atoms with Crippen LogP contribution in [0, 0.1) is 5.82 Å². The van der Waals surface area contributed by atoms with E-state index in [2.05, 4.69) is 0 Å². The summed E-state index contributed by atoms with van der Waals surface area (Å²) >= 11 is 0. The Balaban J connectivity index is 1.42. The molecule has 2 unspecified atom stereocenters. The van der Waals surface area contributed by atoms with Crippen molar-refractivity contribution in [2.24, 2.45) is 10.9 Å². The maximum atomic E-state index is 15.4. The molecule has 3 aromatic rings. The Morgan fingerprint density at radius 3 is 2.45 bits per heavy atom. The van der Waals surface area contributed by atoms with E-state index >= 15 is 4.39 Å². The highest BCUT2D eigenvalue weighted by Crippen LogP contribution is 2.39. The predicted molar refractivity (Wildman–Crippen MR) is 138 cm³/mol. The Morgan fingerprint density at radius 2 is 1.76 bits per heavy atom. The van der Waals surface area contributed by atoms with Gasteiger partial charge in [-0.3, -0.25) is 4.79 Å². The molecule has 5 rings (SSSR count). The number of fused-ring (bicyclic) bond motifs is 1. The van der Waals surface area contributed by atoms with Gasteiger partial charge in [0.2, 0.25) is 15.9 Å². The fraction of sp³-hybridized carbons (Fsp3) is 0.240. The number of amides is 1. The van der Waals surface area contributed by atoms with Gasteiger partial charge in [0.05, 0.1) is 15.5 Å². The summed E-state index contributed by atoms with van der Waals surface area (Å²) in [5.74, 6) is -0.822. The van der Waals surface area contributed by atoms with E-state index in [0.717, 1.165) is 6.26 Å². The molecule has 200 valence electrons. The molecule has 3 aromatic carbocycles. The van der Waals surface area contributed by atoms with Gasteiger partial charge in [-0.25, -0.2) is 26.4 Å². The summed E-state index contributed by atoms with van der Waals surface area (Å²) in [4.78, 5) is 20.6. The summed E-state index contributed by atoms with van der Waals surface area (Å²) in [7, 11) is -7.51. The van der Waals surface area contributed by atoms with Gasteiger partial charge in [-0.2, -0.15) is 0 Å². The minimum Gasteiger partial charge on any atom is -0.403 e. The molecule has 4 N–H and O–H groups in total. The average molecular weight is 561 g/mol. The van der Waals surface area contributed by atoms with E-state index in [4.69, 9.17) is 15.7 Å². The van der Waals surface area contributed by atoms with E-state index in [9.17, 15) is 21.6 Å². The van der Waals surface area contributed by atoms with Crippen LogP contribution in [0.3, 0.4) is 0 Å². The Bertz CT molecular complexity index is 1660. The first-order valence-corrected chi connectivity index (χ1v) is 15.1. The summed E-state index contributed by atoms with van der Waals surface area (Å²) < 4.78 is 63.3. The number of rotatable bonds is 5. The van der Waals surface area contributed by atoms with E-state index in [1.807, 2.05) is 0 Å². The summed E-state index contributed by atoms with van der Waals surface area (Å²) in [5, 5.41) is 6.51. The maximum absolute atomic E-state index is 15.4. The van der Waals surface area contributed by atoms with E-state index in [1.165, 1.54) is 46.4 Å². The second-order valence-electron chi connectivity index (χ2n) is 9.22. The SMILES string of the molecule is CS(=O)(=O)c1ccccc1-c1ccc(N2CCCC(N3Oc4ccc(S(N)(=O)=O)cc4C3N)C2=O)c(F)c1. The molecule has 2 aliphatic heterocycles. The largest absolute Gasteiger partial charge is 0.403 e. The molecule has 2 atom stereocenters. The fourth-order valence-corrected chi connectivity index (χ4v) is 6.30. The number of hydrogen-bond acceptors (Lipinski definition) is 8. The lowest BCUT2D eigenvalue weighted by molar-refractivity contribution is -0.149. The van der Waals surface area contributed by atoms with Crippen molar-refractivity contribution in [1.82, 2.24) is 5.06 Å². The van der Waals surface area contributed by atoms with Crippen molar-refractivity contribution >= 4 is 31.5 Å². The van der Waals surface area contributed by atoms with Crippen LogP contribution in [-0.2, 0) is 24.7 Å². The number of hydroxylamine groups is 2. The van der Waals surface area contributed by atoms with Gasteiger partial charge in [0.1, 0.15) is 18.0 Å². The number of sulfonamides is 1. The molecule has 38 heavy (non-hydrogen) atoms. The second kappa shape index (κ2) is 9.43. The van der Waals surface area contributed by atoms with Crippen LogP contribution >= 0.6 is 0 Å². The van der Waals surface area contributed by atoms with Crippen LogP contribution in [0.2, 0.25) is 0 Å². The van der Waals surface area contributed by atoms with Gasteiger partial charge in [0.25, 0.3) is 0 Å². The van der Waals surface area contributed by atoms with Gasteiger partial charge < -0.3 is 15.5 Å². The minimum atomic E-state index is -3.97. The van der Waals surface area contributed by atoms with Crippen molar-refractivity contribution in [3.05, 3.63) is 72.0 Å². The number of benzene rings is 3. The first-order chi connectivity index (χ1) is 17.9. The average Bonchev–Trinajstić information content (AvgIpc) is 3.19. The van der Waals surface area contributed by atoms with Crippen LogP contribution in [-0.4, -0.2) is 46.6 Å². The Hall–Kier alpha value is -3.36. The number of nitrogens with two attached hydrogens (primary N) is 2. The third kappa shape index (κ3) is 4.67. The quantitative estimate of drug-likeness (QED) is 0.482. The van der Waals surface area contributed by atoms with Gasteiger partial charge in [-0.15, -0.1) is 5.06 Å². The van der Waals surface area contributed by atoms with Gasteiger partial charge >= 0.3 is 0 Å². The van der Waals surface area contributed by atoms with Crippen LogP contribution in [0.1, 0.15) is 24.6 Å². The number of carbonyl (C=O) groups excluding carboxylic acids is 1. The van der Waals surface area contributed by atoms with E-state index in [0.29, 0.717) is 35.3 Å². The summed E-state index contributed by atoms with van der Waals surface area (Å²) in [6, 6.07) is 13.7. The molecule has 0 saturated carbocycles. The number of primary sulfonamides is 1. The van der Waals surface area contributed by atoms with Crippen molar-refractivity contribution in [3.8, 4) is 16.9 Å². The topological polar surface area (TPSA) is 153 Å². The molecule has 0 radical (unpaired) electrons. The van der Waals surface area contributed by atoms with Crippen LogP contribution in [0.5, 0.6) is 5.75 Å². The molecule has 2 heterocycles. The molecule has 13 heteroatoms. The number of anilines is 1. The monoisotopic (exact) mass is 560 g/mol. The molecule has 1 saturated heterocycles. The molecule has 0 aromatic heterocycles. The molecule has 0 spiro atoms. The molecule has 2 aliphatic rings. The van der Waals surface area contributed by atoms with Crippen molar-refractivity contribution < 1.29 is 30.9 Å². The first-order valence-electron chi connectivity index (χ1n) is 11.7. The van der Waals surface area contributed by atoms with Gasteiger partial charge in [0, 0.05) is 23.9 Å². The third-order valence-electron chi connectivity index (χ3n) is 6.66. The van der Waals surface area contributed by atoms with Crippen LogP contribution < -0.4 is 20.6 Å². The Kier molecular flexibility index (Phi) is 6.52. The van der Waals surface area contributed by atoms with E-state index in [-0.39, 0.29) is 22.0 Å². The zero-order valence-corrected chi connectivity index (χ0v) is 21.9. The molecular weight excluding hydrogens is 535 g/mol. The van der Waals surface area contributed by atoms with Crippen molar-refractivity contribution in [2.45, 2.75) is 34.8 Å². The van der Waals surface area contributed by atoms with E-state index in [1.54, 1.807) is 24.3 Å². The lowest BCUT2D eigenvalue weighted by atomic mass is 10.0. The van der Waals surface area contributed by atoms with Crippen molar-refractivity contribution in [3.63, 3.8) is 0 Å². The molecule has 0 bridgehead atoms. The number of sulfone groups is 1. The molecule has 0 aliphatic carbocycles. The lowest BCUT2D eigenvalue weighted by Crippen LogP contribution is -2.54. The predicted octanol–water partition coefficient (Wildman–Crippen LogP) is 2.31. The Morgan fingerprint density at radius 1 is 1.03 bits per heavy atom. The normalized spacial score (nSPS) is 20.3. The number of carbonyl (C=O) groups is 1.